The molecule has 1 aromatic rings. The second-order valence-corrected chi connectivity index (χ2v) is 5.42. The molecule has 2 aliphatic rings. The third kappa shape index (κ3) is 1.95. The van der Waals surface area contributed by atoms with E-state index in [-0.39, 0.29) is 5.91 Å². The smallest absolute Gasteiger partial charge is 0.319 e. The van der Waals surface area contributed by atoms with Crippen LogP contribution in [0.2, 0.25) is 0 Å². The summed E-state index contributed by atoms with van der Waals surface area (Å²) in [5, 5.41) is 5.08. The van der Waals surface area contributed by atoms with E-state index in [9.17, 15) is 9.59 Å². The molecule has 2 heterocycles. The predicted molar refractivity (Wildman–Crippen MR) is 71.9 cm³/mol. The number of carbonyl (C=O) groups is 2. The molecule has 1 aliphatic heterocycles. The average Bonchev–Trinajstić information content (AvgIpc) is 2.71. The molecule has 1 aliphatic carbocycles. The van der Waals surface area contributed by atoms with E-state index in [1.165, 1.54) is 0 Å². The van der Waals surface area contributed by atoms with Crippen LogP contribution >= 0.6 is 0 Å². The van der Waals surface area contributed by atoms with Gasteiger partial charge in [0.1, 0.15) is 11.4 Å². The van der Waals surface area contributed by atoms with Crippen molar-refractivity contribution in [2.45, 2.75) is 51.0 Å². The third-order valence-electron chi connectivity index (χ3n) is 4.04. The number of hydrogen-bond donors (Lipinski definition) is 2. The molecule has 6 heteroatoms. The largest absolute Gasteiger partial charge is 0.322 e. The number of carbonyl (C=O) groups excluding carboxylic acids is 2. The summed E-state index contributed by atoms with van der Waals surface area (Å²) in [5.74, 6) is 0.542. The predicted octanol–water partition coefficient (Wildman–Crippen LogP) is 1.19. The van der Waals surface area contributed by atoms with Gasteiger partial charge in [-0.3, -0.25) is 10.1 Å². The molecule has 20 heavy (non-hydrogen) atoms. The number of nitrogens with one attached hydrogen (secondary N) is 2. The standard InChI is InChI=1S/C14H18N4O2/c1-2-3-6-11-15-8-9-10(16-11)5-4-7-14(9)12(19)17-13(20)18-14/h8H,2-7H2,1H3,(H2,17,18,19,20). The van der Waals surface area contributed by atoms with Crippen LogP contribution in [0.4, 0.5) is 4.79 Å². The molecule has 3 rings (SSSR count). The molecule has 1 unspecified atom stereocenters. The summed E-state index contributed by atoms with van der Waals surface area (Å²) in [4.78, 5) is 32.5. The number of hydrogen-bond acceptors (Lipinski definition) is 4. The highest BCUT2D eigenvalue weighted by atomic mass is 16.2. The molecule has 0 radical (unpaired) electrons. The number of fused-ring (bicyclic) bond motifs is 2. The van der Waals surface area contributed by atoms with Gasteiger partial charge in [0.15, 0.2) is 0 Å². The van der Waals surface area contributed by atoms with Crippen LogP contribution in [0.5, 0.6) is 0 Å². The normalized spacial score (nSPS) is 24.4. The highest BCUT2D eigenvalue weighted by Crippen LogP contribution is 2.36. The lowest BCUT2D eigenvalue weighted by Crippen LogP contribution is -2.46. The zero-order valence-corrected chi connectivity index (χ0v) is 11.5. The molecular formula is C14H18N4O2. The van der Waals surface area contributed by atoms with Gasteiger partial charge in [0.2, 0.25) is 0 Å². The Labute approximate surface area is 117 Å². The molecule has 3 amide bonds. The Hall–Kier alpha value is -1.98. The van der Waals surface area contributed by atoms with Gasteiger partial charge in [0.25, 0.3) is 5.91 Å². The maximum absolute atomic E-state index is 12.1. The van der Waals surface area contributed by atoms with Crippen molar-refractivity contribution in [1.29, 1.82) is 0 Å². The van der Waals surface area contributed by atoms with E-state index in [1.807, 2.05) is 0 Å². The van der Waals surface area contributed by atoms with Crippen molar-refractivity contribution in [3.05, 3.63) is 23.3 Å². The Morgan fingerprint density at radius 2 is 2.25 bits per heavy atom. The fourth-order valence-corrected chi connectivity index (χ4v) is 2.97. The van der Waals surface area contributed by atoms with E-state index in [0.717, 1.165) is 49.2 Å². The van der Waals surface area contributed by atoms with E-state index in [4.69, 9.17) is 0 Å². The third-order valence-corrected chi connectivity index (χ3v) is 4.04. The maximum Gasteiger partial charge on any atom is 0.322 e. The highest BCUT2D eigenvalue weighted by Gasteiger charge is 2.50. The van der Waals surface area contributed by atoms with Gasteiger partial charge < -0.3 is 5.32 Å². The van der Waals surface area contributed by atoms with Gasteiger partial charge in [-0.1, -0.05) is 13.3 Å². The quantitative estimate of drug-likeness (QED) is 0.811. The van der Waals surface area contributed by atoms with Crippen LogP contribution in [0, 0.1) is 0 Å². The van der Waals surface area contributed by atoms with Gasteiger partial charge in [0, 0.05) is 18.2 Å². The summed E-state index contributed by atoms with van der Waals surface area (Å²) in [6.07, 6.45) is 7.01. The fourth-order valence-electron chi connectivity index (χ4n) is 2.97. The molecule has 1 fully saturated rings. The van der Waals surface area contributed by atoms with Crippen molar-refractivity contribution >= 4 is 11.9 Å². The molecular weight excluding hydrogens is 256 g/mol. The molecule has 1 aromatic heterocycles. The molecule has 0 bridgehead atoms. The molecule has 0 saturated carbocycles. The van der Waals surface area contributed by atoms with Crippen molar-refractivity contribution in [3.63, 3.8) is 0 Å². The number of urea groups is 1. The van der Waals surface area contributed by atoms with E-state index in [0.29, 0.717) is 6.42 Å². The lowest BCUT2D eigenvalue weighted by Gasteiger charge is -2.31. The lowest BCUT2D eigenvalue weighted by molar-refractivity contribution is -0.124. The highest BCUT2D eigenvalue weighted by molar-refractivity contribution is 6.07. The lowest BCUT2D eigenvalue weighted by atomic mass is 9.79. The first-order chi connectivity index (χ1) is 9.65. The van der Waals surface area contributed by atoms with Gasteiger partial charge >= 0.3 is 6.03 Å². The Kier molecular flexibility index (Phi) is 3.16. The monoisotopic (exact) mass is 274 g/mol. The van der Waals surface area contributed by atoms with Crippen molar-refractivity contribution in [1.82, 2.24) is 20.6 Å². The van der Waals surface area contributed by atoms with Crippen molar-refractivity contribution in [2.24, 2.45) is 0 Å². The van der Waals surface area contributed by atoms with E-state index < -0.39 is 11.6 Å². The van der Waals surface area contributed by atoms with Crippen LogP contribution in [0.3, 0.4) is 0 Å². The van der Waals surface area contributed by atoms with E-state index in [1.54, 1.807) is 6.20 Å². The van der Waals surface area contributed by atoms with Gasteiger partial charge in [-0.2, -0.15) is 0 Å². The molecule has 1 atom stereocenters. The minimum absolute atomic E-state index is 0.284. The van der Waals surface area contributed by atoms with Crippen LogP contribution in [-0.4, -0.2) is 21.9 Å². The SMILES string of the molecule is CCCCc1ncc2c(n1)CCCC21NC(=O)NC1=O. The van der Waals surface area contributed by atoms with Crippen LogP contribution in [0.1, 0.15) is 49.7 Å². The van der Waals surface area contributed by atoms with Crippen molar-refractivity contribution in [3.8, 4) is 0 Å². The van der Waals surface area contributed by atoms with Crippen LogP contribution in [-0.2, 0) is 23.2 Å². The zero-order valence-electron chi connectivity index (χ0n) is 11.5. The number of aryl methyl sites for hydroxylation is 2. The zero-order chi connectivity index (χ0) is 14.2. The van der Waals surface area contributed by atoms with E-state index in [2.05, 4.69) is 27.5 Å². The average molecular weight is 274 g/mol. The first kappa shape index (κ1) is 13.0. The summed E-state index contributed by atoms with van der Waals surface area (Å²) < 4.78 is 0. The second-order valence-electron chi connectivity index (χ2n) is 5.42. The van der Waals surface area contributed by atoms with Crippen molar-refractivity contribution < 1.29 is 9.59 Å². The minimum Gasteiger partial charge on any atom is -0.319 e. The number of nitrogens with zero attached hydrogens (tertiary/aromatic N) is 2. The molecule has 1 saturated heterocycles. The van der Waals surface area contributed by atoms with Crippen LogP contribution in [0.15, 0.2) is 6.20 Å². The molecule has 6 nitrogen and oxygen atoms in total. The van der Waals surface area contributed by atoms with Gasteiger partial charge in [-0.25, -0.2) is 14.8 Å². The molecule has 2 N–H and O–H groups in total. The molecule has 1 spiro atoms. The number of amides is 3. The number of imide groups is 1. The molecule has 106 valence electrons. The van der Waals surface area contributed by atoms with Gasteiger partial charge in [-0.05, 0) is 25.7 Å². The fraction of sp³-hybridized carbons (Fsp3) is 0.571. The topological polar surface area (TPSA) is 84.0 Å². The Morgan fingerprint density at radius 1 is 1.40 bits per heavy atom. The van der Waals surface area contributed by atoms with Gasteiger partial charge in [-0.15, -0.1) is 0 Å². The summed E-state index contributed by atoms with van der Waals surface area (Å²) in [6, 6.07) is -0.432. The summed E-state index contributed by atoms with van der Waals surface area (Å²) >= 11 is 0. The van der Waals surface area contributed by atoms with E-state index >= 15 is 0 Å². The maximum atomic E-state index is 12.1. The Bertz CT molecular complexity index is 572. The first-order valence-corrected chi connectivity index (χ1v) is 7.14. The molecule has 0 aromatic carbocycles. The Balaban J connectivity index is 1.97. The number of unbranched alkanes of at least 4 members (excludes halogenated alkanes) is 1. The summed E-state index contributed by atoms with van der Waals surface area (Å²) in [7, 11) is 0. The van der Waals surface area contributed by atoms with Crippen LogP contribution < -0.4 is 10.6 Å². The summed E-state index contributed by atoms with van der Waals surface area (Å²) in [6.45, 7) is 2.13. The Morgan fingerprint density at radius 3 is 2.95 bits per heavy atom. The minimum atomic E-state index is -0.950. The number of rotatable bonds is 3. The van der Waals surface area contributed by atoms with Crippen LogP contribution in [0.25, 0.3) is 0 Å². The van der Waals surface area contributed by atoms with Gasteiger partial charge in [0.05, 0.1) is 5.69 Å². The van der Waals surface area contributed by atoms with Crippen molar-refractivity contribution in [2.75, 3.05) is 0 Å². The second kappa shape index (κ2) is 4.85. The number of aromatic nitrogens is 2. The summed E-state index contributed by atoms with van der Waals surface area (Å²) in [5.41, 5.74) is 0.704. The first-order valence-electron chi connectivity index (χ1n) is 7.14.